The molecule has 258 valence electrons. The second kappa shape index (κ2) is 25.8. The SMILES string of the molecule is CCCCCCCCCCCCCCCCCCNC(=O)OC[C@H]1C[C@@H](COC(=O)N(Cc2cccc[n+]2CC)C(C)=O)O1.[Cl-]. The number of rotatable bonds is 24. The van der Waals surface area contributed by atoms with E-state index in [9.17, 15) is 14.4 Å². The molecule has 0 aromatic carbocycles. The highest BCUT2D eigenvalue weighted by molar-refractivity contribution is 5.90. The Bertz CT molecular complexity index is 944. The van der Waals surface area contributed by atoms with Crippen LogP contribution in [-0.4, -0.2) is 55.0 Å². The van der Waals surface area contributed by atoms with Gasteiger partial charge in [0.15, 0.2) is 6.20 Å². The largest absolute Gasteiger partial charge is 1.00 e. The van der Waals surface area contributed by atoms with E-state index >= 15 is 0 Å². The molecule has 1 aromatic heterocycles. The van der Waals surface area contributed by atoms with Crippen LogP contribution < -0.4 is 22.3 Å². The van der Waals surface area contributed by atoms with Crippen LogP contribution in [0.5, 0.6) is 0 Å². The van der Waals surface area contributed by atoms with Gasteiger partial charge in [-0.1, -0.05) is 109 Å². The van der Waals surface area contributed by atoms with Crippen LogP contribution in [0, 0.1) is 0 Å². The summed E-state index contributed by atoms with van der Waals surface area (Å²) in [6, 6.07) is 5.66. The summed E-state index contributed by atoms with van der Waals surface area (Å²) < 4.78 is 18.3. The molecule has 9 nitrogen and oxygen atoms in total. The Hall–Kier alpha value is -2.39. The minimum atomic E-state index is -0.694. The molecule has 1 aliphatic rings. The molecular formula is C35H60ClN3O6. The van der Waals surface area contributed by atoms with E-state index in [2.05, 4.69) is 12.2 Å². The van der Waals surface area contributed by atoms with Crippen molar-refractivity contribution in [1.82, 2.24) is 10.2 Å². The monoisotopic (exact) mass is 653 g/mol. The summed E-state index contributed by atoms with van der Waals surface area (Å²) in [7, 11) is 0. The van der Waals surface area contributed by atoms with E-state index in [0.717, 1.165) is 30.0 Å². The van der Waals surface area contributed by atoms with Gasteiger partial charge >= 0.3 is 12.2 Å². The molecule has 0 aliphatic carbocycles. The van der Waals surface area contributed by atoms with E-state index in [1.54, 1.807) is 0 Å². The van der Waals surface area contributed by atoms with E-state index in [-0.39, 0.29) is 50.3 Å². The van der Waals surface area contributed by atoms with Gasteiger partial charge in [-0.05, 0) is 13.3 Å². The third kappa shape index (κ3) is 18.4. The number of aryl methyl sites for hydroxylation is 1. The van der Waals surface area contributed by atoms with E-state index < -0.39 is 12.2 Å². The number of hydrogen-bond acceptors (Lipinski definition) is 6. The highest BCUT2D eigenvalue weighted by atomic mass is 35.5. The fourth-order valence-electron chi connectivity index (χ4n) is 5.52. The Morgan fingerprint density at radius 3 is 1.84 bits per heavy atom. The molecule has 1 fully saturated rings. The predicted octanol–water partition coefficient (Wildman–Crippen LogP) is 4.63. The lowest BCUT2D eigenvalue weighted by Crippen LogP contribution is -3.00. The minimum Gasteiger partial charge on any atom is -1.00 e. The van der Waals surface area contributed by atoms with E-state index in [0.29, 0.717) is 13.0 Å². The normalized spacial score (nSPS) is 15.4. The summed E-state index contributed by atoms with van der Waals surface area (Å²) in [6.45, 7) is 7.32. The first-order valence-corrected chi connectivity index (χ1v) is 17.4. The minimum absolute atomic E-state index is 0. The molecule has 1 saturated heterocycles. The molecule has 2 atom stereocenters. The van der Waals surface area contributed by atoms with Crippen molar-refractivity contribution in [2.75, 3.05) is 19.8 Å². The molecule has 0 unspecified atom stereocenters. The average Bonchev–Trinajstić information content (AvgIpc) is 3.00. The number of nitrogens with zero attached hydrogens (tertiary/aromatic N) is 2. The zero-order chi connectivity index (χ0) is 31.8. The van der Waals surface area contributed by atoms with E-state index in [1.807, 2.05) is 35.9 Å². The number of nitrogens with one attached hydrogen (secondary N) is 1. The number of imide groups is 1. The van der Waals surface area contributed by atoms with Gasteiger partial charge in [0.2, 0.25) is 11.6 Å². The summed E-state index contributed by atoms with van der Waals surface area (Å²) in [5.74, 6) is -0.382. The van der Waals surface area contributed by atoms with Crippen molar-refractivity contribution in [3.05, 3.63) is 30.1 Å². The molecule has 10 heteroatoms. The molecule has 45 heavy (non-hydrogen) atoms. The highest BCUT2D eigenvalue weighted by Crippen LogP contribution is 2.21. The van der Waals surface area contributed by atoms with Crippen LogP contribution in [0.4, 0.5) is 9.59 Å². The second-order valence-corrected chi connectivity index (χ2v) is 12.1. The van der Waals surface area contributed by atoms with Crippen molar-refractivity contribution >= 4 is 18.1 Å². The molecule has 0 saturated carbocycles. The number of pyridine rings is 1. The van der Waals surface area contributed by atoms with Gasteiger partial charge in [0.25, 0.3) is 0 Å². The molecule has 0 spiro atoms. The number of alkyl carbamates (subject to hydrolysis) is 1. The molecule has 2 heterocycles. The fraction of sp³-hybridized carbons (Fsp3) is 0.771. The lowest BCUT2D eigenvalue weighted by atomic mass is 10.0. The van der Waals surface area contributed by atoms with Crippen LogP contribution >= 0.6 is 0 Å². The fourth-order valence-corrected chi connectivity index (χ4v) is 5.52. The molecule has 3 amide bonds. The number of carbonyl (C=O) groups is 3. The maximum atomic E-state index is 12.6. The molecule has 1 aromatic rings. The van der Waals surface area contributed by atoms with E-state index in [1.165, 1.54) is 96.8 Å². The Morgan fingerprint density at radius 2 is 1.33 bits per heavy atom. The summed E-state index contributed by atoms with van der Waals surface area (Å²) in [5.41, 5.74) is 0.840. The van der Waals surface area contributed by atoms with Crippen molar-refractivity contribution in [3.63, 3.8) is 0 Å². The highest BCUT2D eigenvalue weighted by Gasteiger charge is 2.33. The van der Waals surface area contributed by atoms with Gasteiger partial charge in [0.05, 0.1) is 12.2 Å². The molecule has 2 rings (SSSR count). The van der Waals surface area contributed by atoms with Gasteiger partial charge < -0.3 is 31.9 Å². The topological polar surface area (TPSA) is 98.0 Å². The second-order valence-electron chi connectivity index (χ2n) is 12.1. The van der Waals surface area contributed by atoms with Gasteiger partial charge in [0, 0.05) is 32.0 Å². The van der Waals surface area contributed by atoms with Crippen molar-refractivity contribution in [1.29, 1.82) is 0 Å². The number of aromatic nitrogens is 1. The van der Waals surface area contributed by atoms with Crippen LogP contribution in [0.1, 0.15) is 136 Å². The standard InChI is InChI=1S/C35H59N3O6.ClH/c1-4-6-7-8-9-10-11-12-13-14-15-16-17-18-19-21-24-36-34(40)42-28-32-26-33(44-32)29-43-35(41)38(30(3)39)27-31-23-20-22-25-37(31)5-2;/h20,22-23,25,32-33H,4-19,21,24,26-29H2,1-3H3;1H/t32-,33+;/m1./s1. The maximum Gasteiger partial charge on any atom is 0.417 e. The quantitative estimate of drug-likeness (QED) is 0.129. The summed E-state index contributed by atoms with van der Waals surface area (Å²) in [6.07, 6.45) is 22.1. The first-order chi connectivity index (χ1) is 21.4. The average molecular weight is 654 g/mol. The molecular weight excluding hydrogens is 594 g/mol. The van der Waals surface area contributed by atoms with Gasteiger partial charge in [-0.2, -0.15) is 0 Å². The number of ether oxygens (including phenoxy) is 3. The van der Waals surface area contributed by atoms with Crippen LogP contribution in [0.25, 0.3) is 0 Å². The Morgan fingerprint density at radius 1 is 0.822 bits per heavy atom. The lowest BCUT2D eigenvalue weighted by Gasteiger charge is -2.35. The predicted molar refractivity (Wildman–Crippen MR) is 172 cm³/mol. The summed E-state index contributed by atoms with van der Waals surface area (Å²) in [4.78, 5) is 37.7. The van der Waals surface area contributed by atoms with Crippen molar-refractivity contribution in [2.45, 2.75) is 155 Å². The van der Waals surface area contributed by atoms with Crippen molar-refractivity contribution in [3.8, 4) is 0 Å². The molecule has 1 aliphatic heterocycles. The van der Waals surface area contributed by atoms with Gasteiger partial charge in [-0.25, -0.2) is 19.1 Å². The van der Waals surface area contributed by atoms with E-state index in [4.69, 9.17) is 14.2 Å². The first kappa shape index (κ1) is 40.6. The van der Waals surface area contributed by atoms with Crippen molar-refractivity contribution in [2.24, 2.45) is 0 Å². The first-order valence-electron chi connectivity index (χ1n) is 17.4. The number of halogens is 1. The molecule has 0 radical (unpaired) electrons. The van der Waals surface area contributed by atoms with Crippen LogP contribution in [-0.2, 0) is 32.1 Å². The van der Waals surface area contributed by atoms with Gasteiger partial charge in [0.1, 0.15) is 26.3 Å². The summed E-state index contributed by atoms with van der Waals surface area (Å²) in [5, 5.41) is 2.81. The zero-order valence-corrected chi connectivity index (χ0v) is 29.0. The third-order valence-electron chi connectivity index (χ3n) is 8.30. The van der Waals surface area contributed by atoms with Crippen LogP contribution in [0.15, 0.2) is 24.4 Å². The van der Waals surface area contributed by atoms with Crippen LogP contribution in [0.3, 0.4) is 0 Å². The number of unbranched alkanes of at least 4 members (excludes halogenated alkanes) is 15. The number of amides is 3. The summed E-state index contributed by atoms with van der Waals surface area (Å²) >= 11 is 0. The number of hydrogen-bond donors (Lipinski definition) is 1. The number of carbonyl (C=O) groups excluding carboxylic acids is 3. The zero-order valence-electron chi connectivity index (χ0n) is 28.2. The third-order valence-corrected chi connectivity index (χ3v) is 8.30. The maximum absolute atomic E-state index is 12.6. The lowest BCUT2D eigenvalue weighted by molar-refractivity contribution is -0.701. The Kier molecular flexibility index (Phi) is 23.3. The molecule has 1 N–H and O–H groups in total. The van der Waals surface area contributed by atoms with Gasteiger partial charge in [-0.3, -0.25) is 4.79 Å². The smallest absolute Gasteiger partial charge is 0.417 e. The Balaban J connectivity index is 0.0000101. The Labute approximate surface area is 278 Å². The molecule has 0 bridgehead atoms. The van der Waals surface area contributed by atoms with Crippen LogP contribution in [0.2, 0.25) is 0 Å². The van der Waals surface area contributed by atoms with Gasteiger partial charge in [-0.15, -0.1) is 0 Å². The van der Waals surface area contributed by atoms with Crippen molar-refractivity contribution < 1.29 is 45.6 Å².